The van der Waals surface area contributed by atoms with E-state index < -0.39 is 11.8 Å². The Hall–Kier alpha value is -3.00. The molecule has 0 aliphatic rings. The van der Waals surface area contributed by atoms with E-state index in [1.165, 1.54) is 0 Å². The average Bonchev–Trinajstić information content (AvgIpc) is 2.88. The van der Waals surface area contributed by atoms with Crippen LogP contribution in [0.3, 0.4) is 0 Å². The number of hydrogen-bond donors (Lipinski definition) is 3. The molecule has 7 nitrogen and oxygen atoms in total. The highest BCUT2D eigenvalue weighted by molar-refractivity contribution is 9.10. The number of anilines is 1. The van der Waals surface area contributed by atoms with E-state index in [1.54, 1.807) is 48.5 Å². The molecule has 0 aliphatic heterocycles. The summed E-state index contributed by atoms with van der Waals surface area (Å²) in [5, 5.41) is 20.0. The first-order valence-electron chi connectivity index (χ1n) is 6.87. The van der Waals surface area contributed by atoms with Crippen LogP contribution in [0.15, 0.2) is 63.2 Å². The summed E-state index contributed by atoms with van der Waals surface area (Å²) in [4.78, 5) is 26.3. The number of aromatic amines is 1. The Morgan fingerprint density at radius 2 is 1.88 bits per heavy atom. The van der Waals surface area contributed by atoms with Gasteiger partial charge in [0.2, 0.25) is 5.88 Å². The standard InChI is InChI=1S/C16H11BrN4O3/c17-9-6-7-12-11(8-9)13(14(22)19-12)20-21-16(24)15(23)18-10-4-2-1-3-5-10/h1-8,19,22H,(H,18,23). The lowest BCUT2D eigenvalue weighted by Gasteiger charge is -2.00. The van der Waals surface area contributed by atoms with E-state index in [9.17, 15) is 14.7 Å². The summed E-state index contributed by atoms with van der Waals surface area (Å²) in [6.45, 7) is 0. The molecule has 0 atom stereocenters. The second kappa shape index (κ2) is 6.63. The van der Waals surface area contributed by atoms with Crippen LogP contribution in [0.4, 0.5) is 11.4 Å². The van der Waals surface area contributed by atoms with Crippen LogP contribution in [0, 0.1) is 0 Å². The van der Waals surface area contributed by atoms with Crippen LogP contribution in [-0.4, -0.2) is 21.9 Å². The summed E-state index contributed by atoms with van der Waals surface area (Å²) in [6.07, 6.45) is 0. The Kier molecular flexibility index (Phi) is 4.39. The number of hydrogen-bond acceptors (Lipinski definition) is 4. The van der Waals surface area contributed by atoms with E-state index >= 15 is 0 Å². The number of rotatable bonds is 2. The Morgan fingerprint density at radius 3 is 2.62 bits per heavy atom. The van der Waals surface area contributed by atoms with E-state index in [2.05, 4.69) is 36.5 Å². The number of benzene rings is 2. The molecule has 8 heteroatoms. The van der Waals surface area contributed by atoms with Crippen molar-refractivity contribution in [2.24, 2.45) is 10.2 Å². The number of nitrogens with one attached hydrogen (secondary N) is 2. The normalized spacial score (nSPS) is 11.0. The van der Waals surface area contributed by atoms with Gasteiger partial charge in [-0.3, -0.25) is 9.59 Å². The molecule has 0 aliphatic carbocycles. The third-order valence-electron chi connectivity index (χ3n) is 3.18. The number of carbonyl (C=O) groups excluding carboxylic acids is 2. The fourth-order valence-corrected chi connectivity index (χ4v) is 2.44. The summed E-state index contributed by atoms with van der Waals surface area (Å²) in [6, 6.07) is 13.8. The van der Waals surface area contributed by atoms with Gasteiger partial charge in [-0.15, -0.1) is 10.2 Å². The van der Waals surface area contributed by atoms with Crippen molar-refractivity contribution in [1.29, 1.82) is 0 Å². The van der Waals surface area contributed by atoms with E-state index in [4.69, 9.17) is 0 Å². The number of amides is 2. The first-order chi connectivity index (χ1) is 11.5. The molecule has 1 aromatic heterocycles. The van der Waals surface area contributed by atoms with Gasteiger partial charge in [0.25, 0.3) is 0 Å². The van der Waals surface area contributed by atoms with E-state index in [-0.39, 0.29) is 11.6 Å². The molecule has 3 rings (SSSR count). The molecule has 3 aromatic rings. The van der Waals surface area contributed by atoms with Crippen LogP contribution in [0.2, 0.25) is 0 Å². The quantitative estimate of drug-likeness (QED) is 0.459. The molecule has 0 saturated carbocycles. The number of carbonyl (C=O) groups is 2. The zero-order valence-electron chi connectivity index (χ0n) is 12.2. The second-order valence-corrected chi connectivity index (χ2v) is 5.75. The Labute approximate surface area is 144 Å². The summed E-state index contributed by atoms with van der Waals surface area (Å²) >= 11 is 3.32. The Bertz CT molecular complexity index is 951. The molecular formula is C16H11BrN4O3. The van der Waals surface area contributed by atoms with Crippen molar-refractivity contribution in [2.45, 2.75) is 0 Å². The first kappa shape index (κ1) is 15.9. The maximum Gasteiger partial charge on any atom is 0.353 e. The lowest BCUT2D eigenvalue weighted by atomic mass is 10.2. The summed E-state index contributed by atoms with van der Waals surface area (Å²) in [7, 11) is 0. The molecule has 0 saturated heterocycles. The van der Waals surface area contributed by atoms with Crippen LogP contribution in [-0.2, 0) is 9.59 Å². The highest BCUT2D eigenvalue weighted by Crippen LogP contribution is 2.36. The monoisotopic (exact) mass is 386 g/mol. The molecule has 120 valence electrons. The number of nitrogens with zero attached hydrogens (tertiary/aromatic N) is 2. The zero-order chi connectivity index (χ0) is 17.1. The number of H-pyrrole nitrogens is 1. The molecule has 0 fully saturated rings. The van der Waals surface area contributed by atoms with E-state index in [1.807, 2.05) is 0 Å². The van der Waals surface area contributed by atoms with Crippen LogP contribution < -0.4 is 5.32 Å². The topological polar surface area (TPSA) is 107 Å². The van der Waals surface area contributed by atoms with Gasteiger partial charge in [0.15, 0.2) is 5.69 Å². The SMILES string of the molecule is O=C(N=Nc1c(O)[nH]c2ccc(Br)cc12)C(=O)Nc1ccccc1. The van der Waals surface area contributed by atoms with Crippen molar-refractivity contribution in [3.63, 3.8) is 0 Å². The number of fused-ring (bicyclic) bond motifs is 1. The molecule has 2 amide bonds. The molecule has 3 N–H and O–H groups in total. The van der Waals surface area contributed by atoms with Crippen LogP contribution in [0.5, 0.6) is 5.88 Å². The fourth-order valence-electron chi connectivity index (χ4n) is 2.08. The van der Waals surface area contributed by atoms with Gasteiger partial charge in [-0.1, -0.05) is 34.1 Å². The van der Waals surface area contributed by atoms with Crippen LogP contribution in [0.25, 0.3) is 10.9 Å². The molecule has 0 unspecified atom stereocenters. The van der Waals surface area contributed by atoms with Gasteiger partial charge < -0.3 is 15.4 Å². The predicted molar refractivity (Wildman–Crippen MR) is 92.3 cm³/mol. The second-order valence-electron chi connectivity index (χ2n) is 4.84. The lowest BCUT2D eigenvalue weighted by molar-refractivity contribution is -0.134. The molecule has 0 bridgehead atoms. The first-order valence-corrected chi connectivity index (χ1v) is 7.66. The number of halogens is 1. The highest BCUT2D eigenvalue weighted by Gasteiger charge is 2.15. The van der Waals surface area contributed by atoms with Gasteiger partial charge in [0, 0.05) is 15.5 Å². The Morgan fingerprint density at radius 1 is 1.12 bits per heavy atom. The molecule has 2 aromatic carbocycles. The third-order valence-corrected chi connectivity index (χ3v) is 3.67. The number of aromatic hydroxyl groups is 1. The predicted octanol–water partition coefficient (Wildman–Crippen LogP) is 3.89. The molecule has 0 radical (unpaired) electrons. The summed E-state index contributed by atoms with van der Waals surface area (Å²) in [5.74, 6) is -2.21. The molecule has 24 heavy (non-hydrogen) atoms. The van der Waals surface area contributed by atoms with E-state index in [0.29, 0.717) is 16.6 Å². The van der Waals surface area contributed by atoms with Gasteiger partial charge in [-0.25, -0.2) is 0 Å². The van der Waals surface area contributed by atoms with Crippen molar-refractivity contribution in [2.75, 3.05) is 5.32 Å². The summed E-state index contributed by atoms with van der Waals surface area (Å²) < 4.78 is 0.776. The summed E-state index contributed by atoms with van der Waals surface area (Å²) in [5.41, 5.74) is 1.20. The van der Waals surface area contributed by atoms with Gasteiger partial charge in [0.05, 0.1) is 5.52 Å². The molecular weight excluding hydrogens is 376 g/mol. The van der Waals surface area contributed by atoms with Crippen LogP contribution in [0.1, 0.15) is 0 Å². The molecule has 0 spiro atoms. The maximum absolute atomic E-state index is 11.8. The molecule has 1 heterocycles. The highest BCUT2D eigenvalue weighted by atomic mass is 79.9. The third kappa shape index (κ3) is 3.33. The Balaban J connectivity index is 1.80. The number of para-hydroxylation sites is 1. The van der Waals surface area contributed by atoms with Crippen molar-refractivity contribution < 1.29 is 14.7 Å². The van der Waals surface area contributed by atoms with Crippen molar-refractivity contribution in [3.05, 3.63) is 53.0 Å². The minimum absolute atomic E-state index is 0.0900. The number of aromatic nitrogens is 1. The van der Waals surface area contributed by atoms with Gasteiger partial charge in [-0.05, 0) is 30.3 Å². The average molecular weight is 387 g/mol. The fraction of sp³-hybridized carbons (Fsp3) is 0. The van der Waals surface area contributed by atoms with Crippen molar-refractivity contribution >= 4 is 50.0 Å². The smallest absolute Gasteiger partial charge is 0.353 e. The largest absolute Gasteiger partial charge is 0.493 e. The minimum atomic E-state index is -1.07. The van der Waals surface area contributed by atoms with Gasteiger partial charge in [-0.2, -0.15) is 0 Å². The van der Waals surface area contributed by atoms with Crippen molar-refractivity contribution in [3.8, 4) is 5.88 Å². The van der Waals surface area contributed by atoms with E-state index in [0.717, 1.165) is 4.47 Å². The van der Waals surface area contributed by atoms with Gasteiger partial charge >= 0.3 is 11.8 Å². The zero-order valence-corrected chi connectivity index (χ0v) is 13.7. The van der Waals surface area contributed by atoms with Crippen LogP contribution >= 0.6 is 15.9 Å². The lowest BCUT2D eigenvalue weighted by Crippen LogP contribution is -2.20. The van der Waals surface area contributed by atoms with Gasteiger partial charge in [0.1, 0.15) is 0 Å². The number of azo groups is 1. The van der Waals surface area contributed by atoms with Crippen molar-refractivity contribution in [1.82, 2.24) is 4.98 Å². The maximum atomic E-state index is 11.8. The minimum Gasteiger partial charge on any atom is -0.493 e.